The van der Waals surface area contributed by atoms with Gasteiger partial charge in [-0.05, 0) is 36.4 Å². The van der Waals surface area contributed by atoms with Gasteiger partial charge in [-0.3, -0.25) is 0 Å². The van der Waals surface area contributed by atoms with E-state index in [1.54, 1.807) is 6.07 Å². The van der Waals surface area contributed by atoms with Gasteiger partial charge in [-0.1, -0.05) is 39.0 Å². The Morgan fingerprint density at radius 2 is 1.94 bits per heavy atom. The molecule has 0 saturated carbocycles. The van der Waals surface area contributed by atoms with Gasteiger partial charge in [-0.25, -0.2) is 4.39 Å². The molecule has 1 rings (SSSR count). The Bertz CT molecular complexity index is 335. The summed E-state index contributed by atoms with van der Waals surface area (Å²) in [6.45, 7) is 7.50. The molecule has 0 aliphatic carbocycles. The predicted molar refractivity (Wildman–Crippen MR) is 67.0 cm³/mol. The number of nitrogens with one attached hydrogen (secondary N) is 1. The molecular weight excluding hydrogens is 201 g/mol. The molecule has 0 aliphatic rings. The molecule has 0 heterocycles. The van der Waals surface area contributed by atoms with E-state index in [0.717, 1.165) is 18.5 Å². The van der Waals surface area contributed by atoms with Crippen LogP contribution in [0.25, 0.3) is 0 Å². The zero-order valence-electron chi connectivity index (χ0n) is 10.7. The van der Waals surface area contributed by atoms with Gasteiger partial charge in [0.15, 0.2) is 0 Å². The van der Waals surface area contributed by atoms with Crippen molar-refractivity contribution < 1.29 is 4.39 Å². The van der Waals surface area contributed by atoms with Gasteiger partial charge in [0.05, 0.1) is 0 Å². The van der Waals surface area contributed by atoms with E-state index < -0.39 is 0 Å². The van der Waals surface area contributed by atoms with Crippen molar-refractivity contribution in [3.05, 3.63) is 35.6 Å². The first-order chi connectivity index (χ1) is 7.49. The number of hydrogen-bond donors (Lipinski definition) is 1. The third-order valence-electron chi connectivity index (χ3n) is 3.53. The van der Waals surface area contributed by atoms with E-state index in [9.17, 15) is 4.39 Å². The zero-order chi connectivity index (χ0) is 12.2. The van der Waals surface area contributed by atoms with Crippen LogP contribution in [0.4, 0.5) is 4.39 Å². The van der Waals surface area contributed by atoms with Gasteiger partial charge in [0.2, 0.25) is 0 Å². The van der Waals surface area contributed by atoms with Crippen molar-refractivity contribution in [3.8, 4) is 0 Å². The lowest BCUT2D eigenvalue weighted by molar-refractivity contribution is 0.210. The molecule has 0 aromatic heterocycles. The van der Waals surface area contributed by atoms with Gasteiger partial charge in [-0.15, -0.1) is 0 Å². The molecule has 1 N–H and O–H groups in total. The van der Waals surface area contributed by atoms with Crippen LogP contribution in [0, 0.1) is 17.2 Å². The molecule has 90 valence electrons. The van der Waals surface area contributed by atoms with E-state index in [1.807, 2.05) is 19.2 Å². The highest BCUT2D eigenvalue weighted by Gasteiger charge is 2.28. The van der Waals surface area contributed by atoms with Crippen molar-refractivity contribution in [1.82, 2.24) is 5.32 Å². The van der Waals surface area contributed by atoms with Crippen LogP contribution >= 0.6 is 0 Å². The summed E-state index contributed by atoms with van der Waals surface area (Å²) in [4.78, 5) is 0. The standard InChI is InChI=1S/C14H22FN/c1-11(2)14(3,10-16-4)9-12-7-5-6-8-13(12)15/h5-8,11,16H,9-10H2,1-4H3. The van der Waals surface area contributed by atoms with E-state index >= 15 is 0 Å². The summed E-state index contributed by atoms with van der Waals surface area (Å²) in [6.07, 6.45) is 0.776. The Morgan fingerprint density at radius 3 is 2.44 bits per heavy atom. The van der Waals surface area contributed by atoms with Gasteiger partial charge >= 0.3 is 0 Å². The van der Waals surface area contributed by atoms with Crippen LogP contribution in [0.5, 0.6) is 0 Å². The van der Waals surface area contributed by atoms with Crippen LogP contribution in [0.15, 0.2) is 24.3 Å². The maximum atomic E-state index is 13.6. The summed E-state index contributed by atoms with van der Waals surface area (Å²) in [7, 11) is 1.95. The second-order valence-electron chi connectivity index (χ2n) is 5.11. The monoisotopic (exact) mass is 223 g/mol. The number of benzene rings is 1. The fourth-order valence-electron chi connectivity index (χ4n) is 1.95. The SMILES string of the molecule is CNCC(C)(Cc1ccccc1F)C(C)C. The molecular formula is C14H22FN. The minimum atomic E-state index is -0.0921. The Morgan fingerprint density at radius 1 is 1.31 bits per heavy atom. The second kappa shape index (κ2) is 5.44. The first kappa shape index (κ1) is 13.2. The molecule has 0 saturated heterocycles. The maximum absolute atomic E-state index is 13.6. The first-order valence-corrected chi connectivity index (χ1v) is 5.87. The summed E-state index contributed by atoms with van der Waals surface area (Å²) in [5.41, 5.74) is 0.908. The number of hydrogen-bond acceptors (Lipinski definition) is 1. The van der Waals surface area contributed by atoms with Crippen molar-refractivity contribution in [3.63, 3.8) is 0 Å². The molecule has 1 unspecified atom stereocenters. The molecule has 16 heavy (non-hydrogen) atoms. The molecule has 0 radical (unpaired) electrons. The van der Waals surface area contributed by atoms with Crippen LogP contribution in [-0.4, -0.2) is 13.6 Å². The predicted octanol–water partition coefficient (Wildman–Crippen LogP) is 3.25. The molecule has 0 fully saturated rings. The summed E-state index contributed by atoms with van der Waals surface area (Å²) in [5.74, 6) is 0.421. The Kier molecular flexibility index (Phi) is 4.48. The van der Waals surface area contributed by atoms with E-state index in [-0.39, 0.29) is 11.2 Å². The smallest absolute Gasteiger partial charge is 0.126 e. The van der Waals surface area contributed by atoms with Crippen molar-refractivity contribution in [2.75, 3.05) is 13.6 Å². The quantitative estimate of drug-likeness (QED) is 0.808. The highest BCUT2D eigenvalue weighted by molar-refractivity contribution is 5.19. The van der Waals surface area contributed by atoms with Crippen LogP contribution in [0.1, 0.15) is 26.3 Å². The van der Waals surface area contributed by atoms with Crippen molar-refractivity contribution in [2.24, 2.45) is 11.3 Å². The highest BCUT2D eigenvalue weighted by Crippen LogP contribution is 2.31. The van der Waals surface area contributed by atoms with Crippen LogP contribution in [-0.2, 0) is 6.42 Å². The highest BCUT2D eigenvalue weighted by atomic mass is 19.1. The summed E-state index contributed by atoms with van der Waals surface area (Å²) in [5, 5.41) is 3.21. The van der Waals surface area contributed by atoms with Crippen molar-refractivity contribution >= 4 is 0 Å². The molecule has 1 aromatic carbocycles. The minimum Gasteiger partial charge on any atom is -0.319 e. The molecule has 1 aromatic rings. The Balaban J connectivity index is 2.88. The molecule has 1 atom stereocenters. The van der Waals surface area contributed by atoms with Crippen molar-refractivity contribution in [2.45, 2.75) is 27.2 Å². The van der Waals surface area contributed by atoms with Gasteiger partial charge in [-0.2, -0.15) is 0 Å². The van der Waals surface area contributed by atoms with E-state index in [0.29, 0.717) is 5.92 Å². The van der Waals surface area contributed by atoms with Crippen LogP contribution in [0.2, 0.25) is 0 Å². The van der Waals surface area contributed by atoms with E-state index in [4.69, 9.17) is 0 Å². The third kappa shape index (κ3) is 3.05. The zero-order valence-corrected chi connectivity index (χ0v) is 10.7. The average Bonchev–Trinajstić information content (AvgIpc) is 2.21. The molecule has 0 bridgehead atoms. The topological polar surface area (TPSA) is 12.0 Å². The summed E-state index contributed by atoms with van der Waals surface area (Å²) < 4.78 is 13.6. The fraction of sp³-hybridized carbons (Fsp3) is 0.571. The first-order valence-electron chi connectivity index (χ1n) is 5.87. The molecule has 0 amide bonds. The second-order valence-corrected chi connectivity index (χ2v) is 5.11. The summed E-state index contributed by atoms with van der Waals surface area (Å²) >= 11 is 0. The maximum Gasteiger partial charge on any atom is 0.126 e. The van der Waals surface area contributed by atoms with Gasteiger partial charge in [0, 0.05) is 6.54 Å². The largest absolute Gasteiger partial charge is 0.319 e. The Hall–Kier alpha value is -0.890. The van der Waals surface area contributed by atoms with Crippen molar-refractivity contribution in [1.29, 1.82) is 0 Å². The molecule has 0 aliphatic heterocycles. The lowest BCUT2D eigenvalue weighted by Gasteiger charge is -2.34. The number of halogens is 1. The van der Waals surface area contributed by atoms with Crippen LogP contribution in [0.3, 0.4) is 0 Å². The summed E-state index contributed by atoms with van der Waals surface area (Å²) in [6, 6.07) is 7.06. The van der Waals surface area contributed by atoms with Gasteiger partial charge in [0.1, 0.15) is 5.82 Å². The average molecular weight is 223 g/mol. The third-order valence-corrected chi connectivity index (χ3v) is 3.53. The minimum absolute atomic E-state index is 0.0921. The normalized spacial score (nSPS) is 15.1. The van der Waals surface area contributed by atoms with Gasteiger partial charge in [0.25, 0.3) is 0 Å². The number of rotatable bonds is 5. The van der Waals surface area contributed by atoms with E-state index in [1.165, 1.54) is 6.07 Å². The molecule has 1 nitrogen and oxygen atoms in total. The molecule has 2 heteroatoms. The molecule has 0 spiro atoms. The Labute approximate surface area is 98.1 Å². The fourth-order valence-corrected chi connectivity index (χ4v) is 1.95. The lowest BCUT2D eigenvalue weighted by Crippen LogP contribution is -2.36. The lowest BCUT2D eigenvalue weighted by atomic mass is 9.74. The van der Waals surface area contributed by atoms with Crippen LogP contribution < -0.4 is 5.32 Å². The van der Waals surface area contributed by atoms with E-state index in [2.05, 4.69) is 26.1 Å². The van der Waals surface area contributed by atoms with Gasteiger partial charge < -0.3 is 5.32 Å².